The Hall–Kier alpha value is -8.65. The monoisotopic (exact) mass is 1240 g/mol. The summed E-state index contributed by atoms with van der Waals surface area (Å²) >= 11 is 1.45. The van der Waals surface area contributed by atoms with Crippen LogP contribution in [0.3, 0.4) is 0 Å². The van der Waals surface area contributed by atoms with Crippen LogP contribution in [0, 0.1) is 11.8 Å². The highest BCUT2D eigenvalue weighted by atomic mass is 32.2. The number of nitrogens with one attached hydrogen (secondary N) is 12. The molecule has 3 aromatic rings. The van der Waals surface area contributed by atoms with Crippen LogP contribution in [0.25, 0.3) is 10.9 Å². The van der Waals surface area contributed by atoms with E-state index in [-0.39, 0.29) is 38.0 Å². The molecule has 0 aliphatic heterocycles. The first kappa shape index (κ1) is 72.6. The summed E-state index contributed by atoms with van der Waals surface area (Å²) in [7, 11) is 0. The molecule has 0 spiro atoms. The Bertz CT molecular complexity index is 2850. The van der Waals surface area contributed by atoms with Crippen LogP contribution in [-0.4, -0.2) is 178 Å². The zero-order valence-corrected chi connectivity index (χ0v) is 50.7. The van der Waals surface area contributed by atoms with Gasteiger partial charge in [-0.3, -0.25) is 62.3 Å². The number of H-pyrrole nitrogens is 2. The minimum absolute atomic E-state index is 0.104. The molecule has 0 unspecified atom stereocenters. The average molecular weight is 1240 g/mol. The molecule has 480 valence electrons. The van der Waals surface area contributed by atoms with Crippen LogP contribution in [0.15, 0.2) is 43.0 Å². The van der Waals surface area contributed by atoms with Gasteiger partial charge < -0.3 is 91.8 Å². The van der Waals surface area contributed by atoms with Gasteiger partial charge in [-0.15, -0.1) is 0 Å². The molecule has 0 radical (unpaired) electrons. The number of carbonyl (C=O) groups excluding carboxylic acids is 13. The van der Waals surface area contributed by atoms with Crippen molar-refractivity contribution in [2.24, 2.45) is 40.5 Å². The lowest BCUT2D eigenvalue weighted by molar-refractivity contribution is -0.136. The third kappa shape index (κ3) is 25.8. The molecule has 3 rings (SSSR count). The fourth-order valence-electron chi connectivity index (χ4n) is 8.73. The van der Waals surface area contributed by atoms with E-state index < -0.39 is 169 Å². The number of hydrogen-bond donors (Lipinski definition) is 17. The Labute approximate surface area is 507 Å². The van der Waals surface area contributed by atoms with Gasteiger partial charge in [0.15, 0.2) is 0 Å². The lowest BCUT2D eigenvalue weighted by atomic mass is 10.0. The number of hydrogen-bond acceptors (Lipinski definition) is 17. The highest BCUT2D eigenvalue weighted by Gasteiger charge is 2.35. The minimum atomic E-state index is -1.70. The van der Waals surface area contributed by atoms with Gasteiger partial charge in [0, 0.05) is 48.3 Å². The lowest BCUT2D eigenvalue weighted by Gasteiger charge is -2.27. The highest BCUT2D eigenvalue weighted by molar-refractivity contribution is 7.98. The number of benzene rings is 1. The normalized spacial score (nSPS) is 14.3. The number of nitrogens with zero attached hydrogens (tertiary/aromatic N) is 1. The fourth-order valence-corrected chi connectivity index (χ4v) is 9.20. The number of rotatable bonds is 40. The molecule has 0 saturated carbocycles. The number of carbonyl (C=O) groups is 13. The zero-order chi connectivity index (χ0) is 64.9. The summed E-state index contributed by atoms with van der Waals surface area (Å²) in [6, 6.07) is -4.96. The minimum Gasteiger partial charge on any atom is -0.370 e. The summed E-state index contributed by atoms with van der Waals surface area (Å²) in [6.07, 6.45) is 6.06. The molecule has 87 heavy (non-hydrogen) atoms. The molecule has 0 fully saturated rings. The van der Waals surface area contributed by atoms with Crippen LogP contribution in [0.4, 0.5) is 0 Å². The number of aromatic amines is 2. The summed E-state index contributed by atoms with van der Waals surface area (Å²) in [5.41, 5.74) is 29.4. The SMILES string of the molecule is CSCC[C@H](NC(=O)[C@H](CC(C)C)NC(=O)[C@H](Cc1cnc[nH]1)NC(=O)CNC(=O)[C@@H](NC(=O)[C@H](C)NC(=O)[C@H](Cc1c[nH]c2ccccc12)NC(=O)[C@H](CCC(N)=O)NC(=O)[C@H](CC(N)=O)NC(=O)CNC(=O)[C@@H](N)CCCCN)C(C)C)C(N)=O. The van der Waals surface area contributed by atoms with Crippen LogP contribution in [0.2, 0.25) is 0 Å². The zero-order valence-electron chi connectivity index (χ0n) is 49.8. The number of nitrogens with two attached hydrogens (primary N) is 5. The molecular formula is C55H86N18O13S. The third-order valence-electron chi connectivity index (χ3n) is 13.5. The van der Waals surface area contributed by atoms with Crippen molar-refractivity contribution >= 4 is 99.5 Å². The number of aromatic nitrogens is 3. The van der Waals surface area contributed by atoms with Crippen molar-refractivity contribution in [1.82, 2.24) is 68.1 Å². The van der Waals surface area contributed by atoms with Crippen LogP contribution >= 0.6 is 11.8 Å². The number of primary amides is 3. The van der Waals surface area contributed by atoms with Crippen LogP contribution in [0.1, 0.15) is 97.2 Å². The van der Waals surface area contributed by atoms with Gasteiger partial charge in [-0.25, -0.2) is 4.98 Å². The van der Waals surface area contributed by atoms with E-state index in [1.54, 1.807) is 44.3 Å². The Morgan fingerprint density at radius 2 is 1.16 bits per heavy atom. The largest absolute Gasteiger partial charge is 0.370 e. The van der Waals surface area contributed by atoms with Crippen LogP contribution in [0.5, 0.6) is 0 Å². The van der Waals surface area contributed by atoms with Crippen molar-refractivity contribution in [3.8, 4) is 0 Å². The number of thioether (sulfide) groups is 1. The lowest BCUT2D eigenvalue weighted by Crippen LogP contribution is -2.60. The summed E-state index contributed by atoms with van der Waals surface area (Å²) in [5, 5.41) is 25.7. The Morgan fingerprint density at radius 1 is 0.586 bits per heavy atom. The predicted molar refractivity (Wildman–Crippen MR) is 321 cm³/mol. The second-order valence-electron chi connectivity index (χ2n) is 21.6. The van der Waals surface area contributed by atoms with Crippen molar-refractivity contribution in [1.29, 1.82) is 0 Å². The van der Waals surface area contributed by atoms with E-state index in [0.717, 1.165) is 0 Å². The topological polar surface area (TPSA) is 517 Å². The van der Waals surface area contributed by atoms with E-state index in [1.807, 2.05) is 20.1 Å². The van der Waals surface area contributed by atoms with Crippen LogP contribution in [-0.2, 0) is 75.2 Å². The number of fused-ring (bicyclic) bond motifs is 1. The second kappa shape index (κ2) is 37.0. The smallest absolute Gasteiger partial charge is 0.243 e. The molecule has 0 saturated heterocycles. The van der Waals surface area contributed by atoms with Gasteiger partial charge in [0.2, 0.25) is 76.8 Å². The van der Waals surface area contributed by atoms with Crippen LogP contribution < -0.4 is 81.8 Å². The first-order valence-electron chi connectivity index (χ1n) is 28.4. The molecule has 2 aromatic heterocycles. The Kier molecular flexibility index (Phi) is 30.9. The predicted octanol–water partition coefficient (Wildman–Crippen LogP) is -4.66. The molecule has 0 aliphatic rings. The van der Waals surface area contributed by atoms with Gasteiger partial charge in [0.25, 0.3) is 0 Å². The van der Waals surface area contributed by atoms with Gasteiger partial charge in [-0.1, -0.05) is 52.3 Å². The summed E-state index contributed by atoms with van der Waals surface area (Å²) in [4.78, 5) is 182. The van der Waals surface area contributed by atoms with Crippen molar-refractivity contribution in [3.05, 3.63) is 54.2 Å². The fraction of sp³-hybridized carbons (Fsp3) is 0.564. The molecule has 13 amide bonds. The quantitative estimate of drug-likeness (QED) is 0.0238. The van der Waals surface area contributed by atoms with Gasteiger partial charge in [0.1, 0.15) is 48.3 Å². The molecule has 0 bridgehead atoms. The van der Waals surface area contributed by atoms with E-state index in [9.17, 15) is 62.3 Å². The van der Waals surface area contributed by atoms with Crippen molar-refractivity contribution in [2.45, 2.75) is 153 Å². The van der Waals surface area contributed by atoms with Gasteiger partial charge in [-0.2, -0.15) is 11.8 Å². The van der Waals surface area contributed by atoms with Crippen molar-refractivity contribution in [2.75, 3.05) is 31.6 Å². The standard InChI is InChI=1S/C55H86N18O13S/c1-28(2)19-38(52(83)69-36(47(60)78)16-18-87-6)71-53(84)40(21-32-24-61-27-65-32)67-45(77)26-64-55(86)46(29(3)4)73-48(79)30(5)66-51(82)39(20-31-23-62-35-13-8-7-11-33(31)35)72-50(81)37(14-15-42(58)74)70-54(85)41(22-43(59)75)68-44(76)25-63-49(80)34(57)12-9-10-17-56/h7-8,11,13,23-24,27-30,34,36-41,46,62H,9-10,12,14-22,25-26,56-57H2,1-6H3,(H2,58,74)(H2,59,75)(H2,60,78)(H,61,65)(H,63,80)(H,64,86)(H,66,82)(H,67,77)(H,68,76)(H,69,83)(H,70,85)(H,71,84)(H,72,81)(H,73,79)/t30-,34-,36-,37-,38-,39-,40-,41-,46-/m0/s1. The van der Waals surface area contributed by atoms with Gasteiger partial charge in [0.05, 0.1) is 31.9 Å². The molecular weight excluding hydrogens is 1150 g/mol. The first-order valence-corrected chi connectivity index (χ1v) is 29.8. The van der Waals surface area contributed by atoms with E-state index in [0.29, 0.717) is 47.3 Å². The number of para-hydroxylation sites is 1. The first-order chi connectivity index (χ1) is 41.1. The molecule has 32 heteroatoms. The Balaban J connectivity index is 1.79. The summed E-state index contributed by atoms with van der Waals surface area (Å²) in [5.74, 6) is -11.5. The van der Waals surface area contributed by atoms with Crippen molar-refractivity contribution < 1.29 is 62.3 Å². The third-order valence-corrected chi connectivity index (χ3v) is 14.1. The maximum absolute atomic E-state index is 14.3. The molecule has 22 N–H and O–H groups in total. The van der Waals surface area contributed by atoms with E-state index in [2.05, 4.69) is 68.1 Å². The van der Waals surface area contributed by atoms with E-state index in [4.69, 9.17) is 28.7 Å². The number of amides is 13. The molecule has 0 aliphatic carbocycles. The average Bonchev–Trinajstić information content (AvgIpc) is 2.46. The maximum Gasteiger partial charge on any atom is 0.243 e. The highest BCUT2D eigenvalue weighted by Crippen LogP contribution is 2.20. The number of unbranched alkanes of at least 4 members (excludes halogenated alkanes) is 1. The van der Waals surface area contributed by atoms with Gasteiger partial charge in [-0.05, 0) is 81.0 Å². The second-order valence-corrected chi connectivity index (χ2v) is 22.6. The summed E-state index contributed by atoms with van der Waals surface area (Å²) in [6.45, 7) is 7.20. The maximum atomic E-state index is 14.3. The number of imidazole rings is 1. The molecule has 9 atom stereocenters. The Morgan fingerprint density at radius 3 is 1.76 bits per heavy atom. The van der Waals surface area contributed by atoms with Gasteiger partial charge >= 0.3 is 0 Å². The molecule has 2 heterocycles. The van der Waals surface area contributed by atoms with Crippen molar-refractivity contribution in [3.63, 3.8) is 0 Å². The van der Waals surface area contributed by atoms with E-state index in [1.165, 1.54) is 31.2 Å². The molecule has 31 nitrogen and oxygen atoms in total. The van der Waals surface area contributed by atoms with E-state index >= 15 is 0 Å². The summed E-state index contributed by atoms with van der Waals surface area (Å²) < 4.78 is 0. The molecule has 1 aromatic carbocycles.